The zero-order chi connectivity index (χ0) is 22.8. The van der Waals surface area contributed by atoms with E-state index in [0.29, 0.717) is 28.2 Å². The summed E-state index contributed by atoms with van der Waals surface area (Å²) in [6.45, 7) is 0.0969. The van der Waals surface area contributed by atoms with Crippen LogP contribution in [0.3, 0.4) is 0 Å². The van der Waals surface area contributed by atoms with Crippen LogP contribution in [0.4, 0.5) is 24.7 Å². The molecule has 2 aromatic carbocycles. The van der Waals surface area contributed by atoms with Crippen molar-refractivity contribution in [2.45, 2.75) is 24.6 Å². The number of aromatic nitrogens is 2. The van der Waals surface area contributed by atoms with Gasteiger partial charge in [-0.1, -0.05) is 35.3 Å². The summed E-state index contributed by atoms with van der Waals surface area (Å²) in [5.74, 6) is -0.507. The van der Waals surface area contributed by atoms with E-state index in [9.17, 15) is 22.8 Å². The quantitative estimate of drug-likeness (QED) is 0.551. The summed E-state index contributed by atoms with van der Waals surface area (Å²) in [4.78, 5) is 25.8. The van der Waals surface area contributed by atoms with Crippen molar-refractivity contribution in [2.75, 3.05) is 10.6 Å². The van der Waals surface area contributed by atoms with E-state index in [-0.39, 0.29) is 23.0 Å². The van der Waals surface area contributed by atoms with Crippen molar-refractivity contribution in [3.63, 3.8) is 0 Å². The number of carbonyl (C=O) groups excluding carboxylic acids is 2. The fourth-order valence-corrected chi connectivity index (χ4v) is 4.56. The third-order valence-corrected chi connectivity index (χ3v) is 6.47. The number of carbonyl (C=O) groups is 2. The topological polar surface area (TPSA) is 76.0 Å². The molecule has 11 heteroatoms. The van der Waals surface area contributed by atoms with Crippen molar-refractivity contribution in [2.24, 2.45) is 0 Å². The summed E-state index contributed by atoms with van der Waals surface area (Å²) in [5.41, 5.74) is -0.101. The maximum absolute atomic E-state index is 13.1. The van der Waals surface area contributed by atoms with Gasteiger partial charge in [-0.2, -0.15) is 18.3 Å². The van der Waals surface area contributed by atoms with Crippen LogP contribution in [0.2, 0.25) is 10.0 Å². The largest absolute Gasteiger partial charge is 0.416 e. The van der Waals surface area contributed by atoms with Crippen LogP contribution in [0.25, 0.3) is 0 Å². The van der Waals surface area contributed by atoms with Crippen molar-refractivity contribution in [1.29, 1.82) is 0 Å². The van der Waals surface area contributed by atoms with Gasteiger partial charge in [-0.05, 0) is 35.4 Å². The van der Waals surface area contributed by atoms with Crippen LogP contribution in [-0.2, 0) is 27.7 Å². The maximum Gasteiger partial charge on any atom is 0.416 e. The summed E-state index contributed by atoms with van der Waals surface area (Å²) in [5, 5.41) is 10.3. The Morgan fingerprint density at radius 2 is 1.72 bits per heavy atom. The number of nitrogens with zero attached hydrogens (tertiary/aromatic N) is 2. The Morgan fingerprint density at radius 3 is 2.41 bits per heavy atom. The predicted octanol–water partition coefficient (Wildman–Crippen LogP) is 4.84. The van der Waals surface area contributed by atoms with Gasteiger partial charge >= 0.3 is 6.18 Å². The lowest BCUT2D eigenvalue weighted by atomic mass is 9.72. The number of hydrogen-bond acceptors (Lipinski definition) is 3. The lowest BCUT2D eigenvalue weighted by molar-refractivity contribution is -0.137. The number of hydrogen-bond donors (Lipinski definition) is 2. The molecular weight excluding hydrogens is 468 g/mol. The first-order chi connectivity index (χ1) is 15.1. The van der Waals surface area contributed by atoms with Crippen LogP contribution in [-0.4, -0.2) is 21.6 Å². The summed E-state index contributed by atoms with van der Waals surface area (Å²) < 4.78 is 39.9. The molecule has 1 aromatic heterocycles. The fourth-order valence-electron chi connectivity index (χ4n) is 4.23. The van der Waals surface area contributed by atoms with Crippen LogP contribution in [0.15, 0.2) is 42.6 Å². The van der Waals surface area contributed by atoms with Crippen LogP contribution in [0.1, 0.15) is 28.7 Å². The highest BCUT2D eigenvalue weighted by molar-refractivity contribution is 6.42. The second-order valence-electron chi connectivity index (χ2n) is 7.66. The lowest BCUT2D eigenvalue weighted by Gasteiger charge is -2.31. The average Bonchev–Trinajstić information content (AvgIpc) is 3.22. The smallest absolute Gasteiger partial charge is 0.325 e. The highest BCUT2D eigenvalue weighted by Crippen LogP contribution is 2.51. The highest BCUT2D eigenvalue weighted by Gasteiger charge is 2.54. The second kappa shape index (κ2) is 6.98. The van der Waals surface area contributed by atoms with E-state index in [1.807, 2.05) is 0 Å². The van der Waals surface area contributed by atoms with Crippen molar-refractivity contribution >= 4 is 46.5 Å². The van der Waals surface area contributed by atoms with Crippen molar-refractivity contribution in [3.05, 3.63) is 74.9 Å². The number of rotatable bonds is 2. The van der Waals surface area contributed by atoms with E-state index >= 15 is 0 Å². The first-order valence-electron chi connectivity index (χ1n) is 9.43. The number of fused-ring (bicyclic) bond motifs is 4. The minimum Gasteiger partial charge on any atom is -0.325 e. The molecule has 0 aliphatic carbocycles. The fraction of sp³-hybridized carbons (Fsp3) is 0.190. The molecular formula is C21H13Cl2F3N4O2. The number of anilines is 2. The first-order valence-corrected chi connectivity index (χ1v) is 10.2. The van der Waals surface area contributed by atoms with Gasteiger partial charge in [0.2, 0.25) is 11.8 Å². The third-order valence-electron chi connectivity index (χ3n) is 5.75. The molecule has 0 radical (unpaired) electrons. The normalized spacial score (nSPS) is 19.5. The molecule has 2 aliphatic heterocycles. The molecule has 1 spiro atoms. The standard InChI is InChI=1S/C21H13Cl2F3N4O2/c22-14-5-12-16(6-15(14)23)28-19(32)20(12)7-17(31)29-18-13(20)8-27-30(18)9-10-1-3-11(4-2-10)21(24,25)26/h1-6,8H,7,9H2,(H,28,32)(H,29,31). The highest BCUT2D eigenvalue weighted by atomic mass is 35.5. The van der Waals surface area contributed by atoms with Gasteiger partial charge in [0.05, 0.1) is 28.4 Å². The molecule has 3 heterocycles. The van der Waals surface area contributed by atoms with E-state index in [4.69, 9.17) is 23.2 Å². The molecule has 0 saturated carbocycles. The molecule has 0 bridgehead atoms. The van der Waals surface area contributed by atoms with Crippen LogP contribution >= 0.6 is 23.2 Å². The van der Waals surface area contributed by atoms with Crippen LogP contribution in [0.5, 0.6) is 0 Å². The molecule has 164 valence electrons. The van der Waals surface area contributed by atoms with Gasteiger partial charge in [-0.15, -0.1) is 0 Å². The minimum atomic E-state index is -4.43. The third kappa shape index (κ3) is 3.07. The molecule has 3 aromatic rings. The van der Waals surface area contributed by atoms with Gasteiger partial charge in [0.15, 0.2) is 0 Å². The molecule has 2 N–H and O–H groups in total. The first kappa shape index (κ1) is 20.8. The Kier molecular flexibility index (Phi) is 4.55. The Morgan fingerprint density at radius 1 is 1.03 bits per heavy atom. The van der Waals surface area contributed by atoms with Gasteiger partial charge in [-0.3, -0.25) is 9.59 Å². The van der Waals surface area contributed by atoms with Gasteiger partial charge < -0.3 is 10.6 Å². The van der Waals surface area contributed by atoms with Crippen molar-refractivity contribution in [3.8, 4) is 0 Å². The molecule has 0 fully saturated rings. The van der Waals surface area contributed by atoms with E-state index in [0.717, 1.165) is 12.1 Å². The summed E-state index contributed by atoms with van der Waals surface area (Å²) >= 11 is 12.3. The molecule has 32 heavy (non-hydrogen) atoms. The monoisotopic (exact) mass is 480 g/mol. The van der Waals surface area contributed by atoms with Gasteiger partial charge in [-0.25, -0.2) is 4.68 Å². The number of benzene rings is 2. The molecule has 6 nitrogen and oxygen atoms in total. The zero-order valence-electron chi connectivity index (χ0n) is 16.1. The summed E-state index contributed by atoms with van der Waals surface area (Å²) in [6, 6.07) is 7.75. The summed E-state index contributed by atoms with van der Waals surface area (Å²) in [6.07, 6.45) is -3.10. The Balaban J connectivity index is 1.58. The zero-order valence-corrected chi connectivity index (χ0v) is 17.6. The van der Waals surface area contributed by atoms with E-state index in [2.05, 4.69) is 15.7 Å². The molecule has 0 saturated heterocycles. The lowest BCUT2D eigenvalue weighted by Crippen LogP contribution is -2.43. The number of halogens is 5. The molecule has 2 aliphatic rings. The van der Waals surface area contributed by atoms with Gasteiger partial charge in [0, 0.05) is 17.7 Å². The Labute approximate surface area is 189 Å². The maximum atomic E-state index is 13.1. The average molecular weight is 481 g/mol. The van der Waals surface area contributed by atoms with Crippen LogP contribution in [0, 0.1) is 0 Å². The van der Waals surface area contributed by atoms with Crippen LogP contribution < -0.4 is 10.6 Å². The molecule has 2 amide bonds. The molecule has 1 unspecified atom stereocenters. The van der Waals surface area contributed by atoms with E-state index < -0.39 is 29.0 Å². The molecule has 1 atom stereocenters. The van der Waals surface area contributed by atoms with E-state index in [1.54, 1.807) is 6.07 Å². The molecule has 5 rings (SSSR count). The summed E-state index contributed by atoms with van der Waals surface area (Å²) in [7, 11) is 0. The SMILES string of the molecule is O=C1CC2(C(=O)Nc3cc(Cl)c(Cl)cc32)c2cnn(Cc3ccc(C(F)(F)F)cc3)c2N1. The number of amides is 2. The van der Waals surface area contributed by atoms with Crippen molar-refractivity contribution in [1.82, 2.24) is 9.78 Å². The second-order valence-corrected chi connectivity index (χ2v) is 8.47. The Hall–Kier alpha value is -3.04. The predicted molar refractivity (Wildman–Crippen MR) is 112 cm³/mol. The minimum absolute atomic E-state index is 0.0969. The number of nitrogens with one attached hydrogen (secondary N) is 2. The van der Waals surface area contributed by atoms with Gasteiger partial charge in [0.25, 0.3) is 0 Å². The van der Waals surface area contributed by atoms with Crippen molar-refractivity contribution < 1.29 is 22.8 Å². The Bertz CT molecular complexity index is 1290. The number of alkyl halides is 3. The van der Waals surface area contributed by atoms with Gasteiger partial charge in [0.1, 0.15) is 11.2 Å². The van der Waals surface area contributed by atoms with E-state index in [1.165, 1.54) is 29.1 Å².